The van der Waals surface area contributed by atoms with E-state index < -0.39 is 4.92 Å². The summed E-state index contributed by atoms with van der Waals surface area (Å²) in [5.74, 6) is 0.339. The van der Waals surface area contributed by atoms with E-state index in [0.717, 1.165) is 6.54 Å². The van der Waals surface area contributed by atoms with Crippen molar-refractivity contribution in [1.29, 1.82) is 0 Å². The van der Waals surface area contributed by atoms with Crippen molar-refractivity contribution in [3.8, 4) is 5.75 Å². The molecule has 0 atom stereocenters. The molecule has 3 rings (SSSR count). The third-order valence-electron chi connectivity index (χ3n) is 4.05. The van der Waals surface area contributed by atoms with Gasteiger partial charge in [-0.1, -0.05) is 12.1 Å². The highest BCUT2D eigenvalue weighted by Gasteiger charge is 2.18. The van der Waals surface area contributed by atoms with Gasteiger partial charge in [-0.2, -0.15) is 0 Å². The van der Waals surface area contributed by atoms with E-state index in [9.17, 15) is 14.9 Å². The van der Waals surface area contributed by atoms with Crippen LogP contribution < -0.4 is 10.1 Å². The third kappa shape index (κ3) is 4.63. The summed E-state index contributed by atoms with van der Waals surface area (Å²) < 4.78 is 7.13. The molecule has 2 aromatic carbocycles. The molecule has 9 heteroatoms. The number of rotatable bonds is 8. The molecule has 1 heterocycles. The summed E-state index contributed by atoms with van der Waals surface area (Å²) in [6, 6.07) is 11.7. The molecule has 9 nitrogen and oxygen atoms in total. The van der Waals surface area contributed by atoms with Crippen LogP contribution in [0.4, 0.5) is 11.4 Å². The minimum atomic E-state index is -0.479. The number of non-ortho nitro benzene ring substituents is 1. The van der Waals surface area contributed by atoms with E-state index in [1.165, 1.54) is 17.0 Å². The van der Waals surface area contributed by atoms with Gasteiger partial charge >= 0.3 is 0 Å². The van der Waals surface area contributed by atoms with Gasteiger partial charge in [-0.05, 0) is 32.3 Å². The molecular formula is C19H21N5O4. The Balaban J connectivity index is 1.70. The Morgan fingerprint density at radius 2 is 2.07 bits per heavy atom. The van der Waals surface area contributed by atoms with Crippen LogP contribution in [0.1, 0.15) is 0 Å². The second kappa shape index (κ2) is 8.49. The predicted molar refractivity (Wildman–Crippen MR) is 106 cm³/mol. The summed E-state index contributed by atoms with van der Waals surface area (Å²) in [5, 5.41) is 14.0. The summed E-state index contributed by atoms with van der Waals surface area (Å²) in [6.45, 7) is 1.23. The Bertz CT molecular complexity index is 999. The predicted octanol–water partition coefficient (Wildman–Crippen LogP) is 2.52. The first-order valence-corrected chi connectivity index (χ1v) is 8.70. The molecule has 1 N–H and O–H groups in total. The molecule has 1 amide bonds. The van der Waals surface area contributed by atoms with Crippen LogP contribution in [0.2, 0.25) is 0 Å². The average Bonchev–Trinajstić information content (AvgIpc) is 3.04. The molecule has 146 valence electrons. The molecule has 0 unspecified atom stereocenters. The number of nitrogens with zero attached hydrogens (tertiary/aromatic N) is 4. The lowest BCUT2D eigenvalue weighted by atomic mass is 10.2. The van der Waals surface area contributed by atoms with E-state index in [4.69, 9.17) is 4.74 Å². The van der Waals surface area contributed by atoms with Crippen LogP contribution in [-0.4, -0.2) is 52.5 Å². The van der Waals surface area contributed by atoms with E-state index >= 15 is 0 Å². The van der Waals surface area contributed by atoms with Gasteiger partial charge in [0, 0.05) is 24.4 Å². The van der Waals surface area contributed by atoms with Gasteiger partial charge in [0.1, 0.15) is 24.4 Å². The number of anilines is 1. The Morgan fingerprint density at radius 3 is 2.82 bits per heavy atom. The zero-order valence-corrected chi connectivity index (χ0v) is 15.7. The smallest absolute Gasteiger partial charge is 0.295 e. The number of carbonyl (C=O) groups excluding carboxylic acids is 1. The lowest BCUT2D eigenvalue weighted by Crippen LogP contribution is -2.20. The molecule has 0 aliphatic rings. The maximum absolute atomic E-state index is 12.4. The molecule has 1 aromatic heterocycles. The first-order chi connectivity index (χ1) is 13.4. The molecule has 0 aliphatic carbocycles. The van der Waals surface area contributed by atoms with Crippen molar-refractivity contribution >= 4 is 28.3 Å². The maximum atomic E-state index is 12.4. The van der Waals surface area contributed by atoms with Crippen molar-refractivity contribution in [2.75, 3.05) is 32.6 Å². The fraction of sp³-hybridized carbons (Fsp3) is 0.263. The number of nitrogens with one attached hydrogen (secondary N) is 1. The second-order valence-corrected chi connectivity index (χ2v) is 6.50. The Labute approximate surface area is 161 Å². The Kier molecular flexibility index (Phi) is 5.85. The van der Waals surface area contributed by atoms with Gasteiger partial charge in [0.25, 0.3) is 5.69 Å². The quantitative estimate of drug-likeness (QED) is 0.474. The van der Waals surface area contributed by atoms with Crippen LogP contribution in [0, 0.1) is 10.1 Å². The van der Waals surface area contributed by atoms with E-state index in [1.807, 2.05) is 25.1 Å². The van der Waals surface area contributed by atoms with Gasteiger partial charge in [-0.25, -0.2) is 4.98 Å². The van der Waals surface area contributed by atoms with Gasteiger partial charge in [0.05, 0.1) is 16.8 Å². The van der Waals surface area contributed by atoms with Crippen molar-refractivity contribution in [1.82, 2.24) is 14.5 Å². The number of nitro groups is 1. The molecule has 28 heavy (non-hydrogen) atoms. The van der Waals surface area contributed by atoms with E-state index in [0.29, 0.717) is 29.1 Å². The summed E-state index contributed by atoms with van der Waals surface area (Å²) in [5.41, 5.74) is 1.30. The summed E-state index contributed by atoms with van der Waals surface area (Å²) in [7, 11) is 3.92. The normalized spacial score (nSPS) is 11.0. The monoisotopic (exact) mass is 383 g/mol. The maximum Gasteiger partial charge on any atom is 0.295 e. The molecule has 3 aromatic rings. The fourth-order valence-electron chi connectivity index (χ4n) is 2.74. The topological polar surface area (TPSA) is 103 Å². The number of imidazole rings is 1. The van der Waals surface area contributed by atoms with Crippen LogP contribution in [-0.2, 0) is 11.3 Å². The SMILES string of the molecule is CN(C)CCOc1cccc(NC(=O)Cn2cnc3cccc([N+](=O)[O-])c32)c1. The van der Waals surface area contributed by atoms with Crippen molar-refractivity contribution in [3.05, 3.63) is 58.9 Å². The molecule has 0 fully saturated rings. The van der Waals surface area contributed by atoms with Gasteiger partial charge < -0.3 is 19.5 Å². The van der Waals surface area contributed by atoms with Crippen LogP contribution in [0.15, 0.2) is 48.8 Å². The molecule has 0 spiro atoms. The second-order valence-electron chi connectivity index (χ2n) is 6.50. The van der Waals surface area contributed by atoms with E-state index in [1.54, 1.807) is 30.3 Å². The number of likely N-dealkylation sites (N-methyl/N-ethyl adjacent to an activating group) is 1. The number of hydrogen-bond acceptors (Lipinski definition) is 6. The van der Waals surface area contributed by atoms with Crippen LogP contribution in [0.25, 0.3) is 11.0 Å². The first kappa shape index (κ1) is 19.3. The van der Waals surface area contributed by atoms with Gasteiger partial charge in [-0.3, -0.25) is 14.9 Å². The van der Waals surface area contributed by atoms with Crippen molar-refractivity contribution in [2.24, 2.45) is 0 Å². The number of nitro benzene ring substituents is 1. The highest BCUT2D eigenvalue weighted by atomic mass is 16.6. The Hall–Kier alpha value is -3.46. The number of amides is 1. The standard InChI is InChI=1S/C19H21N5O4/c1-22(2)9-10-28-15-6-3-5-14(11-15)21-18(25)12-23-13-20-16-7-4-8-17(19(16)23)24(26)27/h3-8,11,13H,9-10,12H2,1-2H3,(H,21,25). The van der Waals surface area contributed by atoms with E-state index in [2.05, 4.69) is 10.3 Å². The zero-order chi connectivity index (χ0) is 20.1. The third-order valence-corrected chi connectivity index (χ3v) is 4.05. The molecule has 0 aliphatic heterocycles. The van der Waals surface area contributed by atoms with Crippen LogP contribution >= 0.6 is 0 Å². The number of fused-ring (bicyclic) bond motifs is 1. The fourth-order valence-corrected chi connectivity index (χ4v) is 2.74. The zero-order valence-electron chi connectivity index (χ0n) is 15.7. The number of carbonyl (C=O) groups is 1. The molecule has 0 radical (unpaired) electrons. The number of aromatic nitrogens is 2. The van der Waals surface area contributed by atoms with Crippen molar-refractivity contribution in [3.63, 3.8) is 0 Å². The van der Waals surface area contributed by atoms with Gasteiger partial charge in [0.2, 0.25) is 5.91 Å². The highest BCUT2D eigenvalue weighted by molar-refractivity contribution is 5.93. The minimum absolute atomic E-state index is 0.0842. The highest BCUT2D eigenvalue weighted by Crippen LogP contribution is 2.24. The summed E-state index contributed by atoms with van der Waals surface area (Å²) in [4.78, 5) is 29.4. The average molecular weight is 383 g/mol. The number of para-hydroxylation sites is 1. The Morgan fingerprint density at radius 1 is 1.29 bits per heavy atom. The van der Waals surface area contributed by atoms with Gasteiger partial charge in [-0.15, -0.1) is 0 Å². The largest absolute Gasteiger partial charge is 0.492 e. The van der Waals surface area contributed by atoms with Gasteiger partial charge in [0.15, 0.2) is 0 Å². The summed E-state index contributed by atoms with van der Waals surface area (Å²) in [6.07, 6.45) is 1.43. The molecule has 0 saturated carbocycles. The molecule has 0 saturated heterocycles. The minimum Gasteiger partial charge on any atom is -0.492 e. The lowest BCUT2D eigenvalue weighted by molar-refractivity contribution is -0.383. The lowest BCUT2D eigenvalue weighted by Gasteiger charge is -2.12. The molecular weight excluding hydrogens is 362 g/mol. The van der Waals surface area contributed by atoms with Crippen LogP contribution in [0.5, 0.6) is 5.75 Å². The van der Waals surface area contributed by atoms with Crippen molar-refractivity contribution in [2.45, 2.75) is 6.54 Å². The molecule has 0 bridgehead atoms. The van der Waals surface area contributed by atoms with Crippen molar-refractivity contribution < 1.29 is 14.5 Å². The number of benzene rings is 2. The van der Waals surface area contributed by atoms with E-state index in [-0.39, 0.29) is 18.1 Å². The number of hydrogen-bond donors (Lipinski definition) is 1. The number of ether oxygens (including phenoxy) is 1. The summed E-state index contributed by atoms with van der Waals surface area (Å²) >= 11 is 0. The van der Waals surface area contributed by atoms with Crippen LogP contribution in [0.3, 0.4) is 0 Å². The first-order valence-electron chi connectivity index (χ1n) is 8.70.